The Morgan fingerprint density at radius 1 is 1.17 bits per heavy atom. The third kappa shape index (κ3) is 6.38. The van der Waals surface area contributed by atoms with Crippen LogP contribution >= 0.6 is 27.7 Å². The van der Waals surface area contributed by atoms with Crippen LogP contribution in [0.2, 0.25) is 0 Å². The van der Waals surface area contributed by atoms with Gasteiger partial charge in [0.2, 0.25) is 5.91 Å². The molecule has 2 aromatic carbocycles. The van der Waals surface area contributed by atoms with Gasteiger partial charge in [0.05, 0.1) is 12.0 Å². The SMILES string of the molecule is O=C(CSc1ccccc1F)N/N=C\C(Br)=C\c1ccccc1. The van der Waals surface area contributed by atoms with Crippen LogP contribution in [0.1, 0.15) is 5.56 Å². The summed E-state index contributed by atoms with van der Waals surface area (Å²) in [4.78, 5) is 12.1. The Hall–Kier alpha value is -1.92. The van der Waals surface area contributed by atoms with Crippen LogP contribution in [0.5, 0.6) is 0 Å². The Balaban J connectivity index is 1.80. The number of hydrazone groups is 1. The summed E-state index contributed by atoms with van der Waals surface area (Å²) in [7, 11) is 0. The zero-order valence-corrected chi connectivity index (χ0v) is 14.5. The average Bonchev–Trinajstić information content (AvgIpc) is 2.55. The van der Waals surface area contributed by atoms with E-state index in [-0.39, 0.29) is 17.5 Å². The number of thioether (sulfide) groups is 1. The van der Waals surface area contributed by atoms with Crippen LogP contribution in [0.4, 0.5) is 4.39 Å². The largest absolute Gasteiger partial charge is 0.272 e. The Morgan fingerprint density at radius 2 is 1.87 bits per heavy atom. The molecule has 0 aromatic heterocycles. The molecule has 1 amide bonds. The van der Waals surface area contributed by atoms with Gasteiger partial charge in [-0.15, -0.1) is 11.8 Å². The predicted molar refractivity (Wildman–Crippen MR) is 97.1 cm³/mol. The van der Waals surface area contributed by atoms with E-state index >= 15 is 0 Å². The molecule has 2 rings (SSSR count). The van der Waals surface area contributed by atoms with Crippen LogP contribution in [0.25, 0.3) is 6.08 Å². The third-order valence-electron chi connectivity index (χ3n) is 2.68. The topological polar surface area (TPSA) is 41.5 Å². The molecule has 0 saturated heterocycles. The van der Waals surface area contributed by atoms with Crippen LogP contribution in [0.15, 0.2) is 69.1 Å². The van der Waals surface area contributed by atoms with E-state index in [0.29, 0.717) is 4.90 Å². The lowest BCUT2D eigenvalue weighted by molar-refractivity contribution is -0.118. The quantitative estimate of drug-likeness (QED) is 0.448. The lowest BCUT2D eigenvalue weighted by Gasteiger charge is -2.01. The highest BCUT2D eigenvalue weighted by atomic mass is 79.9. The second-order valence-electron chi connectivity index (χ2n) is 4.45. The number of halogens is 2. The molecular weight excluding hydrogens is 379 g/mol. The molecule has 0 heterocycles. The highest BCUT2D eigenvalue weighted by molar-refractivity contribution is 9.12. The number of allylic oxidation sites excluding steroid dienone is 1. The van der Waals surface area contributed by atoms with Crippen LogP contribution in [-0.2, 0) is 4.79 Å². The number of nitrogens with zero attached hydrogens (tertiary/aromatic N) is 1. The minimum Gasteiger partial charge on any atom is -0.272 e. The van der Waals surface area contributed by atoms with Crippen molar-refractivity contribution in [2.75, 3.05) is 5.75 Å². The molecule has 0 fully saturated rings. The average molecular weight is 393 g/mol. The summed E-state index contributed by atoms with van der Waals surface area (Å²) in [6.07, 6.45) is 3.38. The molecule has 0 spiro atoms. The lowest BCUT2D eigenvalue weighted by Crippen LogP contribution is -2.19. The van der Waals surface area contributed by atoms with E-state index in [1.54, 1.807) is 18.2 Å². The smallest absolute Gasteiger partial charge is 0.250 e. The van der Waals surface area contributed by atoms with Gasteiger partial charge in [0, 0.05) is 9.38 Å². The molecule has 0 bridgehead atoms. The first kappa shape index (κ1) is 17.4. The second-order valence-corrected chi connectivity index (χ2v) is 6.39. The molecule has 1 N–H and O–H groups in total. The molecule has 0 aliphatic heterocycles. The number of hydrogen-bond acceptors (Lipinski definition) is 3. The standard InChI is InChI=1S/C17H14BrFN2OS/c18-14(10-13-6-2-1-3-7-13)11-20-21-17(22)12-23-16-9-5-4-8-15(16)19/h1-11H,12H2,(H,21,22)/b14-10-,20-11-. The van der Waals surface area contributed by atoms with Gasteiger partial charge in [-0.05, 0) is 39.7 Å². The van der Waals surface area contributed by atoms with Crippen molar-refractivity contribution in [1.29, 1.82) is 0 Å². The molecule has 118 valence electrons. The van der Waals surface area contributed by atoms with Gasteiger partial charge in [-0.1, -0.05) is 42.5 Å². The first-order chi connectivity index (χ1) is 11.1. The van der Waals surface area contributed by atoms with Crippen LogP contribution in [-0.4, -0.2) is 17.9 Å². The lowest BCUT2D eigenvalue weighted by atomic mass is 10.2. The van der Waals surface area contributed by atoms with E-state index in [0.717, 1.165) is 21.8 Å². The molecule has 6 heteroatoms. The summed E-state index contributed by atoms with van der Waals surface area (Å²) < 4.78 is 14.1. The minimum absolute atomic E-state index is 0.0955. The van der Waals surface area contributed by atoms with Crippen molar-refractivity contribution in [2.45, 2.75) is 4.90 Å². The van der Waals surface area contributed by atoms with E-state index in [9.17, 15) is 9.18 Å². The molecule has 0 radical (unpaired) electrons. The molecular formula is C17H14BrFN2OS. The highest BCUT2D eigenvalue weighted by Gasteiger charge is 2.05. The van der Waals surface area contributed by atoms with E-state index in [2.05, 4.69) is 26.5 Å². The van der Waals surface area contributed by atoms with Crippen molar-refractivity contribution in [3.05, 3.63) is 70.5 Å². The fourth-order valence-corrected chi connectivity index (χ4v) is 2.75. The summed E-state index contributed by atoms with van der Waals surface area (Å²) in [6.45, 7) is 0. The summed E-state index contributed by atoms with van der Waals surface area (Å²) in [6, 6.07) is 16.1. The van der Waals surface area contributed by atoms with E-state index in [1.165, 1.54) is 12.3 Å². The molecule has 2 aromatic rings. The highest BCUT2D eigenvalue weighted by Crippen LogP contribution is 2.20. The first-order valence-electron chi connectivity index (χ1n) is 6.76. The fourth-order valence-electron chi connectivity index (χ4n) is 1.65. The van der Waals surface area contributed by atoms with Crippen molar-refractivity contribution in [3.8, 4) is 0 Å². The Bertz CT molecular complexity index is 720. The summed E-state index contributed by atoms with van der Waals surface area (Å²) >= 11 is 4.49. The molecule has 23 heavy (non-hydrogen) atoms. The van der Waals surface area contributed by atoms with Crippen molar-refractivity contribution in [1.82, 2.24) is 5.43 Å². The number of hydrogen-bond donors (Lipinski definition) is 1. The molecule has 0 aliphatic carbocycles. The number of carbonyl (C=O) groups excluding carboxylic acids is 1. The van der Waals surface area contributed by atoms with Gasteiger partial charge in [0.1, 0.15) is 5.82 Å². The number of rotatable bonds is 6. The van der Waals surface area contributed by atoms with Crippen molar-refractivity contribution >= 4 is 45.9 Å². The van der Waals surface area contributed by atoms with Crippen molar-refractivity contribution in [3.63, 3.8) is 0 Å². The van der Waals surface area contributed by atoms with Gasteiger partial charge in [-0.25, -0.2) is 9.82 Å². The van der Waals surface area contributed by atoms with Gasteiger partial charge >= 0.3 is 0 Å². The minimum atomic E-state index is -0.331. The maximum atomic E-state index is 13.4. The molecule has 0 saturated carbocycles. The van der Waals surface area contributed by atoms with Crippen molar-refractivity contribution < 1.29 is 9.18 Å². The van der Waals surface area contributed by atoms with Gasteiger partial charge in [-0.3, -0.25) is 4.79 Å². The summed E-state index contributed by atoms with van der Waals surface area (Å²) in [5, 5.41) is 3.86. The number of benzene rings is 2. The fraction of sp³-hybridized carbons (Fsp3) is 0.0588. The number of carbonyl (C=O) groups is 1. The summed E-state index contributed by atoms with van der Waals surface area (Å²) in [5.41, 5.74) is 3.43. The Morgan fingerprint density at radius 3 is 2.61 bits per heavy atom. The van der Waals surface area contributed by atoms with Gasteiger partial charge in [-0.2, -0.15) is 5.10 Å². The number of nitrogens with one attached hydrogen (secondary N) is 1. The van der Waals surface area contributed by atoms with E-state index in [1.807, 2.05) is 36.4 Å². The van der Waals surface area contributed by atoms with Gasteiger partial charge in [0.25, 0.3) is 0 Å². The predicted octanol–water partition coefficient (Wildman–Crippen LogP) is 4.46. The normalized spacial score (nSPS) is 11.7. The number of amides is 1. The molecule has 0 atom stereocenters. The zero-order chi connectivity index (χ0) is 16.5. The van der Waals surface area contributed by atoms with Gasteiger partial charge < -0.3 is 0 Å². The maximum Gasteiger partial charge on any atom is 0.250 e. The third-order valence-corrected chi connectivity index (χ3v) is 4.16. The summed E-state index contributed by atoms with van der Waals surface area (Å²) in [5.74, 6) is -0.532. The Labute approximate surface area is 146 Å². The monoisotopic (exact) mass is 392 g/mol. The van der Waals surface area contributed by atoms with Gasteiger partial charge in [0.15, 0.2) is 0 Å². The second kappa shape index (κ2) is 9.27. The molecule has 3 nitrogen and oxygen atoms in total. The van der Waals surface area contributed by atoms with E-state index < -0.39 is 0 Å². The molecule has 0 unspecified atom stereocenters. The maximum absolute atomic E-state index is 13.4. The van der Waals surface area contributed by atoms with Crippen LogP contribution in [0.3, 0.4) is 0 Å². The first-order valence-corrected chi connectivity index (χ1v) is 8.54. The van der Waals surface area contributed by atoms with Crippen LogP contribution < -0.4 is 5.43 Å². The molecule has 0 aliphatic rings. The zero-order valence-electron chi connectivity index (χ0n) is 12.1. The van der Waals surface area contributed by atoms with Crippen molar-refractivity contribution in [2.24, 2.45) is 5.10 Å². The Kier molecular flexibility index (Phi) is 7.03. The van der Waals surface area contributed by atoms with E-state index in [4.69, 9.17) is 0 Å². The van der Waals surface area contributed by atoms with Crippen LogP contribution in [0, 0.1) is 5.82 Å².